The van der Waals surface area contributed by atoms with Gasteiger partial charge >= 0.3 is 0 Å². The first kappa shape index (κ1) is 13.9. The van der Waals surface area contributed by atoms with Crippen molar-refractivity contribution in [3.8, 4) is 0 Å². The highest BCUT2D eigenvalue weighted by atomic mass is 32.1. The Balaban J connectivity index is 1.78. The van der Waals surface area contributed by atoms with Crippen LogP contribution in [0.4, 0.5) is 0 Å². The van der Waals surface area contributed by atoms with Crippen LogP contribution in [0.2, 0.25) is 0 Å². The van der Waals surface area contributed by atoms with Crippen molar-refractivity contribution in [2.24, 2.45) is 0 Å². The highest BCUT2D eigenvalue weighted by Crippen LogP contribution is 2.30. The molecule has 22 heavy (non-hydrogen) atoms. The average molecular weight is 324 g/mol. The van der Waals surface area contributed by atoms with Crippen LogP contribution in [0.3, 0.4) is 0 Å². The minimum absolute atomic E-state index is 0.886. The van der Waals surface area contributed by atoms with Crippen molar-refractivity contribution in [1.82, 2.24) is 9.97 Å². The van der Waals surface area contributed by atoms with E-state index in [1.54, 1.807) is 11.3 Å². The maximum Gasteiger partial charge on any atom is 0.0982 e. The molecule has 0 unspecified atom stereocenters. The zero-order chi connectivity index (χ0) is 15.3. The van der Waals surface area contributed by atoms with Gasteiger partial charge in [0.15, 0.2) is 0 Å². The van der Waals surface area contributed by atoms with Gasteiger partial charge in [0.1, 0.15) is 0 Å². The van der Waals surface area contributed by atoms with Gasteiger partial charge in [0.25, 0.3) is 0 Å². The number of aryl methyl sites for hydroxylation is 3. The van der Waals surface area contributed by atoms with Gasteiger partial charge < -0.3 is 0 Å². The minimum atomic E-state index is 0.886. The highest BCUT2D eigenvalue weighted by Gasteiger charge is 2.11. The summed E-state index contributed by atoms with van der Waals surface area (Å²) in [4.78, 5) is 9.47. The van der Waals surface area contributed by atoms with E-state index in [9.17, 15) is 0 Å². The fourth-order valence-electron chi connectivity index (χ4n) is 2.84. The van der Waals surface area contributed by atoms with Crippen LogP contribution in [0.5, 0.6) is 0 Å². The maximum atomic E-state index is 4.80. The molecule has 0 saturated carbocycles. The summed E-state index contributed by atoms with van der Waals surface area (Å²) in [6.07, 6.45) is 0.886. The molecule has 2 nitrogen and oxygen atoms in total. The van der Waals surface area contributed by atoms with Gasteiger partial charge in [-0.15, -0.1) is 22.7 Å². The molecule has 0 bridgehead atoms. The Morgan fingerprint density at radius 2 is 1.82 bits per heavy atom. The van der Waals surface area contributed by atoms with Crippen molar-refractivity contribution in [2.75, 3.05) is 0 Å². The largest absolute Gasteiger partial charge is 0.241 e. The molecule has 0 N–H and O–H groups in total. The Morgan fingerprint density at radius 3 is 2.64 bits per heavy atom. The van der Waals surface area contributed by atoms with Gasteiger partial charge in [-0.2, -0.15) is 0 Å². The molecule has 0 aliphatic carbocycles. The lowest BCUT2D eigenvalue weighted by Gasteiger charge is -2.04. The quantitative estimate of drug-likeness (QED) is 0.492. The van der Waals surface area contributed by atoms with E-state index < -0.39 is 0 Å². The van der Waals surface area contributed by atoms with E-state index in [-0.39, 0.29) is 0 Å². The second-order valence-corrected chi connectivity index (χ2v) is 7.96. The molecule has 110 valence electrons. The molecule has 0 spiro atoms. The number of hydrogen-bond acceptors (Lipinski definition) is 4. The third-order valence-electron chi connectivity index (χ3n) is 4.03. The van der Waals surface area contributed by atoms with E-state index in [1.165, 1.54) is 31.1 Å². The van der Waals surface area contributed by atoms with Crippen molar-refractivity contribution in [3.63, 3.8) is 0 Å². The first-order valence-electron chi connectivity index (χ1n) is 7.32. The SMILES string of the molecule is Cc1nc2c(C)c(Cc3nc4cccc(C)c4s3)ccc2s1. The van der Waals surface area contributed by atoms with Gasteiger partial charge in [-0.05, 0) is 49.6 Å². The molecule has 0 amide bonds. The molecule has 2 aromatic heterocycles. The predicted molar refractivity (Wildman–Crippen MR) is 96.3 cm³/mol. The highest BCUT2D eigenvalue weighted by molar-refractivity contribution is 7.19. The van der Waals surface area contributed by atoms with Gasteiger partial charge in [-0.1, -0.05) is 18.2 Å². The summed E-state index contributed by atoms with van der Waals surface area (Å²) in [5.74, 6) is 0. The smallest absolute Gasteiger partial charge is 0.0982 e. The van der Waals surface area contributed by atoms with Gasteiger partial charge in [0, 0.05) is 6.42 Å². The summed E-state index contributed by atoms with van der Waals surface area (Å²) in [5, 5.41) is 2.31. The van der Waals surface area contributed by atoms with E-state index in [2.05, 4.69) is 56.1 Å². The van der Waals surface area contributed by atoms with Crippen molar-refractivity contribution in [1.29, 1.82) is 0 Å². The summed E-state index contributed by atoms with van der Waals surface area (Å²) in [6.45, 7) is 6.40. The number of rotatable bonds is 2. The van der Waals surface area contributed by atoms with E-state index in [0.29, 0.717) is 0 Å². The lowest BCUT2D eigenvalue weighted by atomic mass is 10.1. The second-order valence-electron chi connectivity index (χ2n) is 5.64. The molecule has 0 aliphatic heterocycles. The van der Waals surface area contributed by atoms with Crippen LogP contribution in [0.25, 0.3) is 20.4 Å². The molecule has 0 fully saturated rings. The van der Waals surface area contributed by atoms with E-state index in [1.807, 2.05) is 11.3 Å². The molecular weight excluding hydrogens is 308 g/mol. The standard InChI is InChI=1S/C18H16N2S2/c1-10-5-4-6-14-18(10)22-16(20-14)9-13-7-8-15-17(11(13)2)19-12(3)21-15/h4-8H,9H2,1-3H3. The molecule has 0 atom stereocenters. The molecule has 0 radical (unpaired) electrons. The van der Waals surface area contributed by atoms with Crippen LogP contribution in [0.15, 0.2) is 30.3 Å². The van der Waals surface area contributed by atoms with Crippen molar-refractivity contribution in [2.45, 2.75) is 27.2 Å². The second kappa shape index (κ2) is 5.14. The molecule has 4 rings (SSSR count). The first-order chi connectivity index (χ1) is 10.6. The van der Waals surface area contributed by atoms with E-state index >= 15 is 0 Å². The van der Waals surface area contributed by atoms with Crippen molar-refractivity contribution in [3.05, 3.63) is 57.0 Å². The topological polar surface area (TPSA) is 25.8 Å². The van der Waals surface area contributed by atoms with Crippen LogP contribution in [-0.2, 0) is 6.42 Å². The molecule has 0 aliphatic rings. The Hall–Kier alpha value is -1.78. The Morgan fingerprint density at radius 1 is 0.955 bits per heavy atom. The summed E-state index contributed by atoms with van der Waals surface area (Å²) in [7, 11) is 0. The summed E-state index contributed by atoms with van der Waals surface area (Å²) in [6, 6.07) is 10.8. The van der Waals surface area contributed by atoms with Crippen LogP contribution >= 0.6 is 22.7 Å². The zero-order valence-corrected chi connectivity index (χ0v) is 14.4. The van der Waals surface area contributed by atoms with Crippen LogP contribution < -0.4 is 0 Å². The molecule has 4 aromatic rings. The lowest BCUT2D eigenvalue weighted by Crippen LogP contribution is -1.92. The summed E-state index contributed by atoms with van der Waals surface area (Å²) in [5.41, 5.74) is 6.19. The fraction of sp³-hybridized carbons (Fsp3) is 0.222. The van der Waals surface area contributed by atoms with E-state index in [4.69, 9.17) is 4.98 Å². The van der Waals surface area contributed by atoms with Gasteiger partial charge in [0.2, 0.25) is 0 Å². The number of nitrogens with zero attached hydrogens (tertiary/aromatic N) is 2. The number of thiazole rings is 2. The lowest BCUT2D eigenvalue weighted by molar-refractivity contribution is 1.13. The van der Waals surface area contributed by atoms with E-state index in [0.717, 1.165) is 22.5 Å². The Kier molecular flexibility index (Phi) is 3.24. The van der Waals surface area contributed by atoms with Crippen LogP contribution in [-0.4, -0.2) is 9.97 Å². The third kappa shape index (κ3) is 2.23. The normalized spacial score (nSPS) is 11.6. The van der Waals surface area contributed by atoms with Gasteiger partial charge in [-0.25, -0.2) is 9.97 Å². The maximum absolute atomic E-state index is 4.80. The Labute approximate surface area is 137 Å². The third-order valence-corrected chi connectivity index (χ3v) is 6.17. The molecule has 4 heteroatoms. The van der Waals surface area contributed by atoms with Crippen LogP contribution in [0, 0.1) is 20.8 Å². The van der Waals surface area contributed by atoms with Gasteiger partial charge in [0.05, 0.1) is 30.4 Å². The van der Waals surface area contributed by atoms with Crippen LogP contribution in [0.1, 0.15) is 26.7 Å². The first-order valence-corrected chi connectivity index (χ1v) is 8.96. The number of fused-ring (bicyclic) bond motifs is 2. The monoisotopic (exact) mass is 324 g/mol. The molecule has 2 aromatic carbocycles. The fourth-order valence-corrected chi connectivity index (χ4v) is 4.78. The molecular formula is C18H16N2S2. The molecule has 2 heterocycles. The summed E-state index contributed by atoms with van der Waals surface area (Å²) < 4.78 is 2.58. The van der Waals surface area contributed by atoms with Crippen molar-refractivity contribution >= 4 is 43.1 Å². The number of aromatic nitrogens is 2. The molecule has 0 saturated heterocycles. The van der Waals surface area contributed by atoms with Gasteiger partial charge in [-0.3, -0.25) is 0 Å². The minimum Gasteiger partial charge on any atom is -0.241 e. The zero-order valence-electron chi connectivity index (χ0n) is 12.8. The predicted octanol–water partition coefficient (Wildman–Crippen LogP) is 5.42. The number of benzene rings is 2. The van der Waals surface area contributed by atoms with Crippen molar-refractivity contribution < 1.29 is 0 Å². The Bertz CT molecular complexity index is 995. The number of hydrogen-bond donors (Lipinski definition) is 0. The average Bonchev–Trinajstić information content (AvgIpc) is 3.06. The summed E-state index contributed by atoms with van der Waals surface area (Å²) >= 11 is 3.57.